The lowest BCUT2D eigenvalue weighted by molar-refractivity contribution is -0.150. The Labute approximate surface area is 161 Å². The average molecular weight is 396 g/mol. The van der Waals surface area contributed by atoms with Crippen molar-refractivity contribution >= 4 is 33.5 Å². The lowest BCUT2D eigenvalue weighted by atomic mass is 9.84. The third-order valence-corrected chi connectivity index (χ3v) is 6.44. The zero-order valence-electron chi connectivity index (χ0n) is 17.3. The molecule has 0 heterocycles. The maximum Gasteiger partial charge on any atom is 0.321 e. The lowest BCUT2D eigenvalue weighted by Gasteiger charge is -2.34. The van der Waals surface area contributed by atoms with Crippen molar-refractivity contribution in [1.29, 1.82) is 0 Å². The van der Waals surface area contributed by atoms with Crippen LogP contribution < -0.4 is 5.32 Å². The number of likely N-dealkylation sites (N-methyl/N-ethyl adjacent to an activating group) is 1. The van der Waals surface area contributed by atoms with Gasteiger partial charge in [-0.25, -0.2) is 0 Å². The predicted octanol–water partition coefficient (Wildman–Crippen LogP) is 4.46. The number of ether oxygens (including phenoxy) is 1. The van der Waals surface area contributed by atoms with Gasteiger partial charge in [0.1, 0.15) is 6.04 Å². The first-order chi connectivity index (χ1) is 11.4. The Bertz CT molecular complexity index is 399. The Morgan fingerprint density at radius 1 is 1.16 bits per heavy atom. The van der Waals surface area contributed by atoms with Crippen LogP contribution in [0.3, 0.4) is 0 Å². The Kier molecular flexibility index (Phi) is 13.8. The number of carbonyl (C=O) groups excluding carboxylic acids is 1. The number of nitrogens with one attached hydrogen (secondary N) is 1. The molecule has 5 nitrogen and oxygen atoms in total. The van der Waals surface area contributed by atoms with Crippen molar-refractivity contribution in [1.82, 2.24) is 5.32 Å². The molecule has 0 spiro atoms. The maximum absolute atomic E-state index is 11.6. The highest BCUT2D eigenvalue weighted by Gasteiger charge is 2.31. The third kappa shape index (κ3) is 13.5. The minimum absolute atomic E-state index is 0.0464. The fourth-order valence-corrected chi connectivity index (χ4v) is 5.23. The summed E-state index contributed by atoms with van der Waals surface area (Å²) in [6, 6.07) is -0.539. The van der Waals surface area contributed by atoms with Crippen LogP contribution in [0.15, 0.2) is 0 Å². The van der Waals surface area contributed by atoms with E-state index >= 15 is 0 Å². The molecule has 25 heavy (non-hydrogen) atoms. The van der Waals surface area contributed by atoms with Crippen molar-refractivity contribution in [3.05, 3.63) is 0 Å². The van der Waals surface area contributed by atoms with E-state index in [0.717, 1.165) is 6.42 Å². The molecule has 0 aromatic rings. The standard InChI is InChI=1S/C16H31NO4S2.C2H6/c1-11(2)14(20)21-10-15(3,4)9-16(5,6)23-22-8-12(17-7)13(18)19;1-2/h11-12,17H,8-10H2,1-7H3,(H,18,19);1-2H3. The molecule has 0 aliphatic heterocycles. The molecule has 0 aliphatic rings. The zero-order valence-corrected chi connectivity index (χ0v) is 18.9. The van der Waals surface area contributed by atoms with Gasteiger partial charge in [-0.2, -0.15) is 0 Å². The summed E-state index contributed by atoms with van der Waals surface area (Å²) in [6.45, 7) is 16.5. The summed E-state index contributed by atoms with van der Waals surface area (Å²) in [5, 5.41) is 11.8. The molecule has 1 atom stereocenters. The van der Waals surface area contributed by atoms with Gasteiger partial charge in [-0.1, -0.05) is 63.1 Å². The number of rotatable bonds is 11. The molecule has 0 aliphatic carbocycles. The molecule has 150 valence electrons. The van der Waals surface area contributed by atoms with E-state index in [1.54, 1.807) is 28.6 Å². The Hall–Kier alpha value is -0.400. The molecule has 0 fully saturated rings. The number of carbonyl (C=O) groups is 2. The molecule has 0 aromatic heterocycles. The number of esters is 1. The number of carboxylic acid groups (broad SMARTS) is 1. The summed E-state index contributed by atoms with van der Waals surface area (Å²) >= 11 is 0. The van der Waals surface area contributed by atoms with Crippen LogP contribution >= 0.6 is 21.6 Å². The van der Waals surface area contributed by atoms with Crippen LogP contribution in [0.5, 0.6) is 0 Å². The molecule has 2 N–H and O–H groups in total. The molecule has 7 heteroatoms. The van der Waals surface area contributed by atoms with Crippen LogP contribution in [0.2, 0.25) is 0 Å². The van der Waals surface area contributed by atoms with E-state index in [2.05, 4.69) is 33.0 Å². The molecular weight excluding hydrogens is 358 g/mol. The normalized spacial score (nSPS) is 13.0. The molecule has 1 unspecified atom stereocenters. The second-order valence-corrected chi connectivity index (χ2v) is 10.5. The summed E-state index contributed by atoms with van der Waals surface area (Å²) < 4.78 is 5.32. The van der Waals surface area contributed by atoms with Gasteiger partial charge in [-0.3, -0.25) is 9.59 Å². The molecule has 0 saturated carbocycles. The van der Waals surface area contributed by atoms with Crippen molar-refractivity contribution in [2.75, 3.05) is 19.4 Å². The first-order valence-corrected chi connectivity index (χ1v) is 11.1. The van der Waals surface area contributed by atoms with Crippen LogP contribution in [0.25, 0.3) is 0 Å². The highest BCUT2D eigenvalue weighted by Crippen LogP contribution is 2.43. The predicted molar refractivity (Wildman–Crippen MR) is 110 cm³/mol. The quantitative estimate of drug-likeness (QED) is 0.395. The van der Waals surface area contributed by atoms with Crippen LogP contribution in [0.1, 0.15) is 61.8 Å². The van der Waals surface area contributed by atoms with Crippen molar-refractivity contribution in [2.45, 2.75) is 72.6 Å². The van der Waals surface area contributed by atoms with E-state index in [9.17, 15) is 9.59 Å². The number of aliphatic carboxylic acids is 1. The van der Waals surface area contributed by atoms with Gasteiger partial charge in [0.2, 0.25) is 0 Å². The van der Waals surface area contributed by atoms with Crippen LogP contribution in [-0.4, -0.2) is 47.2 Å². The maximum atomic E-state index is 11.6. The van der Waals surface area contributed by atoms with Crippen LogP contribution in [-0.2, 0) is 14.3 Å². The van der Waals surface area contributed by atoms with E-state index in [-0.39, 0.29) is 22.0 Å². The van der Waals surface area contributed by atoms with Gasteiger partial charge in [0, 0.05) is 15.9 Å². The SMILES string of the molecule is CC.CNC(CSSC(C)(C)CC(C)(C)COC(=O)C(C)C)C(=O)O. The van der Waals surface area contributed by atoms with E-state index in [1.807, 2.05) is 27.7 Å². The first-order valence-electron chi connectivity index (χ1n) is 8.77. The number of hydrogen-bond donors (Lipinski definition) is 2. The highest BCUT2D eigenvalue weighted by atomic mass is 33.1. The van der Waals surface area contributed by atoms with Crippen LogP contribution in [0, 0.1) is 11.3 Å². The average Bonchev–Trinajstić information content (AvgIpc) is 2.49. The molecule has 0 aromatic carbocycles. The van der Waals surface area contributed by atoms with Crippen molar-refractivity contribution in [3.63, 3.8) is 0 Å². The highest BCUT2D eigenvalue weighted by molar-refractivity contribution is 8.77. The fourth-order valence-electron chi connectivity index (χ4n) is 2.21. The minimum Gasteiger partial charge on any atom is -0.480 e. The van der Waals surface area contributed by atoms with E-state index in [0.29, 0.717) is 12.4 Å². The van der Waals surface area contributed by atoms with E-state index < -0.39 is 12.0 Å². The molecule has 0 radical (unpaired) electrons. The van der Waals surface area contributed by atoms with Gasteiger partial charge in [-0.15, -0.1) is 0 Å². The lowest BCUT2D eigenvalue weighted by Crippen LogP contribution is -2.36. The van der Waals surface area contributed by atoms with Crippen molar-refractivity contribution < 1.29 is 19.4 Å². The molecule has 0 bridgehead atoms. The van der Waals surface area contributed by atoms with Gasteiger partial charge in [0.25, 0.3) is 0 Å². The number of hydrogen-bond acceptors (Lipinski definition) is 6. The Balaban J connectivity index is 0. The van der Waals surface area contributed by atoms with Crippen molar-refractivity contribution in [3.8, 4) is 0 Å². The summed E-state index contributed by atoms with van der Waals surface area (Å²) in [6.07, 6.45) is 0.861. The smallest absolute Gasteiger partial charge is 0.321 e. The Morgan fingerprint density at radius 2 is 1.68 bits per heavy atom. The fraction of sp³-hybridized carbons (Fsp3) is 0.889. The van der Waals surface area contributed by atoms with Crippen LogP contribution in [0.4, 0.5) is 0 Å². The monoisotopic (exact) mass is 395 g/mol. The summed E-state index contributed by atoms with van der Waals surface area (Å²) in [7, 11) is 4.89. The third-order valence-electron chi connectivity index (χ3n) is 3.15. The largest absolute Gasteiger partial charge is 0.480 e. The van der Waals surface area contributed by atoms with Gasteiger partial charge in [-0.05, 0) is 27.3 Å². The van der Waals surface area contributed by atoms with E-state index in [4.69, 9.17) is 9.84 Å². The Morgan fingerprint density at radius 3 is 2.08 bits per heavy atom. The molecular formula is C18H37NO4S2. The second kappa shape index (κ2) is 12.9. The van der Waals surface area contributed by atoms with Gasteiger partial charge in [0.15, 0.2) is 0 Å². The molecule has 0 rings (SSSR count). The van der Waals surface area contributed by atoms with E-state index in [1.165, 1.54) is 0 Å². The summed E-state index contributed by atoms with van der Waals surface area (Å²) in [5.74, 6) is -0.614. The van der Waals surface area contributed by atoms with Gasteiger partial charge >= 0.3 is 11.9 Å². The zero-order chi connectivity index (χ0) is 20.3. The molecule has 0 amide bonds. The minimum atomic E-state index is -0.834. The van der Waals surface area contributed by atoms with Gasteiger partial charge < -0.3 is 15.2 Å². The topological polar surface area (TPSA) is 75.6 Å². The number of carboxylic acids is 1. The summed E-state index contributed by atoms with van der Waals surface area (Å²) in [5.41, 5.74) is -0.128. The van der Waals surface area contributed by atoms with Crippen molar-refractivity contribution in [2.24, 2.45) is 11.3 Å². The molecule has 0 saturated heterocycles. The summed E-state index contributed by atoms with van der Waals surface area (Å²) in [4.78, 5) is 22.6. The van der Waals surface area contributed by atoms with Gasteiger partial charge in [0.05, 0.1) is 12.5 Å². The first kappa shape index (κ1) is 26.8. The second-order valence-electron chi connectivity index (χ2n) is 7.41.